The second kappa shape index (κ2) is 73.8. The Hall–Kier alpha value is -1.66. The van der Waals surface area contributed by atoms with Crippen molar-refractivity contribution in [3.8, 4) is 0 Å². The summed E-state index contributed by atoms with van der Waals surface area (Å²) in [7, 11) is 0. The Kier molecular flexibility index (Phi) is 72.3. The molecular weight excluding hydrogens is 1030 g/mol. The highest BCUT2D eigenvalue weighted by Gasteiger charge is 2.20. The van der Waals surface area contributed by atoms with E-state index in [1.807, 2.05) is 0 Å². The molecule has 0 aromatic rings. The van der Waals surface area contributed by atoms with E-state index in [1.54, 1.807) is 0 Å². The van der Waals surface area contributed by atoms with Crippen LogP contribution in [-0.2, 0) is 14.3 Å². The average Bonchev–Trinajstić information content (AvgIpc) is 3.51. The molecule has 0 aromatic carbocycles. The van der Waals surface area contributed by atoms with Crippen molar-refractivity contribution in [3.05, 3.63) is 24.3 Å². The van der Waals surface area contributed by atoms with Crippen molar-refractivity contribution in [2.24, 2.45) is 0 Å². The Morgan fingerprint density at radius 1 is 0.333 bits per heavy atom. The first-order valence-electron chi connectivity index (χ1n) is 38.6. The fourth-order valence-electron chi connectivity index (χ4n) is 12.4. The molecule has 498 valence electrons. The number of unbranched alkanes of at least 4 members (excludes halogenated alkanes) is 58. The molecule has 6 nitrogen and oxygen atoms in total. The Morgan fingerprint density at radius 2 is 0.595 bits per heavy atom. The molecule has 0 spiro atoms. The second-order valence-corrected chi connectivity index (χ2v) is 26.7. The van der Waals surface area contributed by atoms with Crippen molar-refractivity contribution in [1.82, 2.24) is 5.32 Å². The molecule has 0 aliphatic rings. The number of carbonyl (C=O) groups excluding carboxylic acids is 2. The van der Waals surface area contributed by atoms with Gasteiger partial charge in [-0.05, 0) is 57.8 Å². The third kappa shape index (κ3) is 69.4. The van der Waals surface area contributed by atoms with Crippen LogP contribution in [0.1, 0.15) is 438 Å². The van der Waals surface area contributed by atoms with E-state index in [9.17, 15) is 19.8 Å². The molecule has 0 aromatic heterocycles. The fourth-order valence-corrected chi connectivity index (χ4v) is 12.4. The highest BCUT2D eigenvalue weighted by Crippen LogP contribution is 2.20. The number of allylic oxidation sites excluding steroid dienone is 4. The SMILES string of the molecule is CCCCCC/C=C\C/C=C\CCCCCCCCCC(=O)OCCCCCCCCCCCCCCCCCCCCCCCCCCC(=O)NC(CO)C(O)CCCCCCCCCCCCCCCCCCCCCCCCCCC. The minimum Gasteiger partial charge on any atom is -0.466 e. The van der Waals surface area contributed by atoms with Gasteiger partial charge in [-0.25, -0.2) is 0 Å². The zero-order chi connectivity index (χ0) is 60.6. The van der Waals surface area contributed by atoms with Crippen LogP contribution in [0.15, 0.2) is 24.3 Å². The summed E-state index contributed by atoms with van der Waals surface area (Å²) in [5, 5.41) is 23.5. The van der Waals surface area contributed by atoms with Crippen molar-refractivity contribution >= 4 is 11.9 Å². The van der Waals surface area contributed by atoms with Gasteiger partial charge in [-0.15, -0.1) is 0 Å². The molecule has 3 N–H and O–H groups in total. The fraction of sp³-hybridized carbons (Fsp3) is 0.923. The first kappa shape index (κ1) is 82.3. The van der Waals surface area contributed by atoms with Crippen LogP contribution in [0.3, 0.4) is 0 Å². The largest absolute Gasteiger partial charge is 0.466 e. The van der Waals surface area contributed by atoms with Gasteiger partial charge >= 0.3 is 5.97 Å². The van der Waals surface area contributed by atoms with Crippen LogP contribution in [0, 0.1) is 0 Å². The molecule has 0 aliphatic carbocycles. The third-order valence-electron chi connectivity index (χ3n) is 18.3. The van der Waals surface area contributed by atoms with Crippen LogP contribution in [-0.4, -0.2) is 47.4 Å². The monoisotopic (exact) mass is 1180 g/mol. The van der Waals surface area contributed by atoms with Crippen molar-refractivity contribution in [3.63, 3.8) is 0 Å². The summed E-state index contributed by atoms with van der Waals surface area (Å²) < 4.78 is 5.51. The summed E-state index contributed by atoms with van der Waals surface area (Å²) >= 11 is 0. The van der Waals surface area contributed by atoms with E-state index in [2.05, 4.69) is 43.5 Å². The molecule has 2 atom stereocenters. The maximum Gasteiger partial charge on any atom is 0.305 e. The molecule has 0 saturated heterocycles. The van der Waals surface area contributed by atoms with Gasteiger partial charge in [-0.1, -0.05) is 391 Å². The van der Waals surface area contributed by atoms with Gasteiger partial charge in [0.1, 0.15) is 0 Å². The Morgan fingerprint density at radius 3 is 0.917 bits per heavy atom. The number of amides is 1. The first-order valence-corrected chi connectivity index (χ1v) is 38.6. The molecule has 0 radical (unpaired) electrons. The number of esters is 1. The predicted octanol–water partition coefficient (Wildman–Crippen LogP) is 25.3. The van der Waals surface area contributed by atoms with E-state index in [-0.39, 0.29) is 18.5 Å². The van der Waals surface area contributed by atoms with Crippen molar-refractivity contribution in [1.29, 1.82) is 0 Å². The van der Waals surface area contributed by atoms with Crippen LogP contribution >= 0.6 is 0 Å². The Labute approximate surface area is 526 Å². The molecule has 2 unspecified atom stereocenters. The molecule has 0 bridgehead atoms. The topological polar surface area (TPSA) is 95.9 Å². The number of nitrogens with one attached hydrogen (secondary N) is 1. The minimum absolute atomic E-state index is 0.00941. The lowest BCUT2D eigenvalue weighted by Gasteiger charge is -2.22. The first-order chi connectivity index (χ1) is 41.5. The molecule has 1 amide bonds. The van der Waals surface area contributed by atoms with Crippen LogP contribution in [0.25, 0.3) is 0 Å². The molecule has 6 heteroatoms. The van der Waals surface area contributed by atoms with Crippen molar-refractivity contribution in [2.75, 3.05) is 13.2 Å². The maximum atomic E-state index is 12.6. The number of rotatable bonds is 73. The van der Waals surface area contributed by atoms with Crippen molar-refractivity contribution < 1.29 is 24.5 Å². The van der Waals surface area contributed by atoms with Gasteiger partial charge < -0.3 is 20.3 Å². The average molecular weight is 1180 g/mol. The van der Waals surface area contributed by atoms with Gasteiger partial charge in [0, 0.05) is 12.8 Å². The minimum atomic E-state index is -0.665. The van der Waals surface area contributed by atoms with Gasteiger partial charge in [-0.2, -0.15) is 0 Å². The van der Waals surface area contributed by atoms with Crippen LogP contribution in [0.2, 0.25) is 0 Å². The van der Waals surface area contributed by atoms with E-state index >= 15 is 0 Å². The van der Waals surface area contributed by atoms with Gasteiger partial charge in [-0.3, -0.25) is 9.59 Å². The molecule has 0 saturated carbocycles. The van der Waals surface area contributed by atoms with E-state index in [0.29, 0.717) is 25.9 Å². The van der Waals surface area contributed by atoms with E-state index in [0.717, 1.165) is 51.4 Å². The van der Waals surface area contributed by atoms with Gasteiger partial charge in [0.25, 0.3) is 0 Å². The number of aliphatic hydroxyl groups excluding tert-OH is 2. The van der Waals surface area contributed by atoms with Crippen LogP contribution in [0.4, 0.5) is 0 Å². The van der Waals surface area contributed by atoms with E-state index < -0.39 is 12.1 Å². The maximum absolute atomic E-state index is 12.6. The summed E-state index contributed by atoms with van der Waals surface area (Å²) in [5.41, 5.74) is 0. The van der Waals surface area contributed by atoms with Crippen LogP contribution in [0.5, 0.6) is 0 Å². The summed E-state index contributed by atoms with van der Waals surface area (Å²) in [6.07, 6.45) is 93.9. The molecule has 0 fully saturated rings. The molecule has 0 aliphatic heterocycles. The number of aliphatic hydroxyl groups is 2. The predicted molar refractivity (Wildman–Crippen MR) is 370 cm³/mol. The highest BCUT2D eigenvalue weighted by atomic mass is 16.5. The van der Waals surface area contributed by atoms with Gasteiger partial charge in [0.2, 0.25) is 5.91 Å². The second-order valence-electron chi connectivity index (χ2n) is 26.7. The van der Waals surface area contributed by atoms with E-state index in [1.165, 1.54) is 353 Å². The summed E-state index contributed by atoms with van der Waals surface area (Å²) in [6, 6.07) is -0.542. The van der Waals surface area contributed by atoms with E-state index in [4.69, 9.17) is 4.74 Å². The summed E-state index contributed by atoms with van der Waals surface area (Å²) in [5.74, 6) is -0.0188. The summed E-state index contributed by atoms with van der Waals surface area (Å²) in [6.45, 7) is 4.98. The summed E-state index contributed by atoms with van der Waals surface area (Å²) in [4.78, 5) is 24.7. The molecule has 84 heavy (non-hydrogen) atoms. The lowest BCUT2D eigenvalue weighted by Crippen LogP contribution is -2.45. The van der Waals surface area contributed by atoms with Crippen molar-refractivity contribution in [2.45, 2.75) is 450 Å². The molecule has 0 rings (SSSR count). The molecular formula is C78H151NO5. The standard InChI is InChI=1S/C78H151NO5/c1-3-5-7-9-11-13-15-17-19-21-23-24-25-26-29-32-35-38-42-46-50-54-58-62-66-70-76(81)75(74-80)79-77(82)71-67-63-59-55-51-47-43-39-36-33-30-27-28-31-34-37-41-45-49-53-57-61-65-69-73-84-78(83)72-68-64-60-56-52-48-44-40-22-20-18-16-14-12-10-8-6-4-2/h14,16,20,22,75-76,80-81H,3-13,15,17-19,21,23-74H2,1-2H3,(H,79,82)/b16-14-,22-20-. The Balaban J connectivity index is 3.36. The normalized spacial score (nSPS) is 12.6. The molecule has 0 heterocycles. The lowest BCUT2D eigenvalue weighted by atomic mass is 10.0. The van der Waals surface area contributed by atoms with Gasteiger partial charge in [0.05, 0.1) is 25.4 Å². The Bertz CT molecular complexity index is 1320. The van der Waals surface area contributed by atoms with Crippen LogP contribution < -0.4 is 5.32 Å². The smallest absolute Gasteiger partial charge is 0.305 e. The number of hydrogen-bond acceptors (Lipinski definition) is 5. The number of carbonyl (C=O) groups is 2. The quantitative estimate of drug-likeness (QED) is 0.0320. The zero-order valence-electron chi connectivity index (χ0n) is 57.2. The third-order valence-corrected chi connectivity index (χ3v) is 18.3. The number of ether oxygens (including phenoxy) is 1. The van der Waals surface area contributed by atoms with Gasteiger partial charge in [0.15, 0.2) is 0 Å². The number of hydrogen-bond donors (Lipinski definition) is 3. The lowest BCUT2D eigenvalue weighted by molar-refractivity contribution is -0.143. The zero-order valence-corrected chi connectivity index (χ0v) is 57.2. The highest BCUT2D eigenvalue weighted by molar-refractivity contribution is 5.76.